The molecular weight excluding hydrogens is 279 g/mol. The van der Waals surface area contributed by atoms with E-state index in [0.29, 0.717) is 12.0 Å². The lowest BCUT2D eigenvalue weighted by Gasteiger charge is -2.21. The molecule has 1 aromatic carbocycles. The Hall–Kier alpha value is -1.78. The summed E-state index contributed by atoms with van der Waals surface area (Å²) in [4.78, 5) is 12.1. The van der Waals surface area contributed by atoms with Gasteiger partial charge in [0.25, 0.3) is 0 Å². The van der Waals surface area contributed by atoms with Crippen molar-refractivity contribution in [1.29, 1.82) is 0 Å². The third kappa shape index (κ3) is 4.09. The zero-order valence-corrected chi connectivity index (χ0v) is 11.8. The minimum absolute atomic E-state index is 0.0803. The van der Waals surface area contributed by atoms with Crippen molar-refractivity contribution in [3.05, 3.63) is 47.5 Å². The molecule has 1 amide bonds. The highest BCUT2D eigenvalue weighted by Crippen LogP contribution is 2.31. The predicted octanol–water partition coefficient (Wildman–Crippen LogP) is 4.24. The van der Waals surface area contributed by atoms with Gasteiger partial charge in [-0.3, -0.25) is 4.79 Å². The molecule has 2 rings (SSSR count). The predicted molar refractivity (Wildman–Crippen MR) is 74.5 cm³/mol. The number of amides is 1. The van der Waals surface area contributed by atoms with Crippen LogP contribution in [0.25, 0.3) is 0 Å². The van der Waals surface area contributed by atoms with Gasteiger partial charge < -0.3 is 5.32 Å². The normalized spacial score (nSPS) is 20.1. The lowest BCUT2D eigenvalue weighted by atomic mass is 9.93. The SMILES string of the molecule is CC(NC(=O)C1CC=CCC1)c1cccc(C(F)(F)F)c1. The van der Waals surface area contributed by atoms with Crippen molar-refractivity contribution in [3.8, 4) is 0 Å². The molecule has 0 aromatic heterocycles. The van der Waals surface area contributed by atoms with Crippen molar-refractivity contribution in [3.63, 3.8) is 0 Å². The van der Waals surface area contributed by atoms with Crippen LogP contribution in [0.4, 0.5) is 13.2 Å². The Morgan fingerprint density at radius 1 is 1.33 bits per heavy atom. The molecule has 0 fully saturated rings. The Labute approximate surface area is 122 Å². The lowest BCUT2D eigenvalue weighted by molar-refractivity contribution is -0.137. The number of rotatable bonds is 3. The zero-order valence-electron chi connectivity index (χ0n) is 11.8. The van der Waals surface area contributed by atoms with Crippen LogP contribution in [0.5, 0.6) is 0 Å². The van der Waals surface area contributed by atoms with Gasteiger partial charge in [0.2, 0.25) is 5.91 Å². The Bertz CT molecular complexity index is 537. The molecular formula is C16H18F3NO. The Morgan fingerprint density at radius 2 is 2.10 bits per heavy atom. The van der Waals surface area contributed by atoms with Gasteiger partial charge in [-0.2, -0.15) is 13.2 Å². The highest BCUT2D eigenvalue weighted by atomic mass is 19.4. The topological polar surface area (TPSA) is 29.1 Å². The smallest absolute Gasteiger partial charge is 0.349 e. The van der Waals surface area contributed by atoms with Gasteiger partial charge in [-0.25, -0.2) is 0 Å². The second kappa shape index (κ2) is 6.33. The molecule has 0 bridgehead atoms. The number of benzene rings is 1. The summed E-state index contributed by atoms with van der Waals surface area (Å²) >= 11 is 0. The number of nitrogens with one attached hydrogen (secondary N) is 1. The number of alkyl halides is 3. The fraction of sp³-hybridized carbons (Fsp3) is 0.438. The van der Waals surface area contributed by atoms with Crippen LogP contribution in [-0.4, -0.2) is 5.91 Å². The molecule has 0 saturated heterocycles. The van der Waals surface area contributed by atoms with Crippen LogP contribution < -0.4 is 5.32 Å². The third-order valence-electron chi connectivity index (χ3n) is 3.71. The van der Waals surface area contributed by atoms with E-state index in [4.69, 9.17) is 0 Å². The average molecular weight is 297 g/mol. The summed E-state index contributed by atoms with van der Waals surface area (Å²) in [5.41, 5.74) is -0.230. The highest BCUT2D eigenvalue weighted by molar-refractivity contribution is 5.79. The minimum atomic E-state index is -4.37. The Morgan fingerprint density at radius 3 is 2.71 bits per heavy atom. The van der Waals surface area contributed by atoms with E-state index < -0.39 is 17.8 Å². The lowest BCUT2D eigenvalue weighted by Crippen LogP contribution is -2.33. The van der Waals surface area contributed by atoms with Crippen LogP contribution in [0.1, 0.15) is 43.4 Å². The van der Waals surface area contributed by atoms with Crippen molar-refractivity contribution in [2.45, 2.75) is 38.4 Å². The summed E-state index contributed by atoms with van der Waals surface area (Å²) in [6, 6.07) is 4.64. The van der Waals surface area contributed by atoms with E-state index in [1.807, 2.05) is 12.2 Å². The zero-order chi connectivity index (χ0) is 15.5. The molecule has 0 heterocycles. The van der Waals surface area contributed by atoms with Gasteiger partial charge in [0, 0.05) is 5.92 Å². The van der Waals surface area contributed by atoms with E-state index >= 15 is 0 Å². The quantitative estimate of drug-likeness (QED) is 0.831. The molecule has 1 aromatic rings. The van der Waals surface area contributed by atoms with E-state index in [-0.39, 0.29) is 11.8 Å². The van der Waals surface area contributed by atoms with Gasteiger partial charge in [0.05, 0.1) is 11.6 Å². The molecule has 21 heavy (non-hydrogen) atoms. The van der Waals surface area contributed by atoms with Crippen LogP contribution in [-0.2, 0) is 11.0 Å². The second-order valence-electron chi connectivity index (χ2n) is 5.33. The summed E-state index contributed by atoms with van der Waals surface area (Å²) in [5, 5.41) is 2.80. The fourth-order valence-corrected chi connectivity index (χ4v) is 2.43. The average Bonchev–Trinajstić information content (AvgIpc) is 2.47. The molecule has 0 saturated carbocycles. The number of halogens is 3. The van der Waals surface area contributed by atoms with Crippen LogP contribution >= 0.6 is 0 Å². The number of hydrogen-bond acceptors (Lipinski definition) is 1. The molecule has 0 spiro atoms. The van der Waals surface area contributed by atoms with Crippen LogP contribution in [0.3, 0.4) is 0 Å². The standard InChI is InChI=1S/C16H18F3NO/c1-11(20-15(21)12-6-3-2-4-7-12)13-8-5-9-14(10-13)16(17,18)19/h2-3,5,8-12H,4,6-7H2,1H3,(H,20,21). The maximum atomic E-state index is 12.7. The number of carbonyl (C=O) groups excluding carboxylic acids is 1. The molecule has 0 aliphatic heterocycles. The molecule has 0 radical (unpaired) electrons. The maximum Gasteiger partial charge on any atom is 0.416 e. The molecule has 2 unspecified atom stereocenters. The first-order valence-corrected chi connectivity index (χ1v) is 7.00. The van der Waals surface area contributed by atoms with Gasteiger partial charge in [-0.05, 0) is 43.9 Å². The van der Waals surface area contributed by atoms with Gasteiger partial charge in [-0.15, -0.1) is 0 Å². The summed E-state index contributed by atoms with van der Waals surface area (Å²) < 4.78 is 38.1. The molecule has 1 N–H and O–H groups in total. The summed E-state index contributed by atoms with van der Waals surface area (Å²) in [5.74, 6) is -0.174. The number of carbonyl (C=O) groups is 1. The minimum Gasteiger partial charge on any atom is -0.349 e. The first-order chi connectivity index (χ1) is 9.88. The monoisotopic (exact) mass is 297 g/mol. The van der Waals surface area contributed by atoms with Gasteiger partial charge in [0.1, 0.15) is 0 Å². The number of hydrogen-bond donors (Lipinski definition) is 1. The van der Waals surface area contributed by atoms with E-state index in [1.54, 1.807) is 13.0 Å². The summed E-state index contributed by atoms with van der Waals surface area (Å²) in [6.45, 7) is 1.70. The first kappa shape index (κ1) is 15.6. The Kier molecular flexibility index (Phi) is 4.70. The van der Waals surface area contributed by atoms with E-state index in [9.17, 15) is 18.0 Å². The second-order valence-corrected chi connectivity index (χ2v) is 5.33. The van der Waals surface area contributed by atoms with Gasteiger partial charge in [0.15, 0.2) is 0 Å². The van der Waals surface area contributed by atoms with E-state index in [1.165, 1.54) is 6.07 Å². The van der Waals surface area contributed by atoms with Gasteiger partial charge >= 0.3 is 6.18 Å². The molecule has 1 aliphatic rings. The van der Waals surface area contributed by atoms with E-state index in [2.05, 4.69) is 5.32 Å². The van der Waals surface area contributed by atoms with E-state index in [0.717, 1.165) is 25.0 Å². The third-order valence-corrected chi connectivity index (χ3v) is 3.71. The summed E-state index contributed by atoms with van der Waals surface area (Å²) in [7, 11) is 0. The largest absolute Gasteiger partial charge is 0.416 e. The van der Waals surface area contributed by atoms with Crippen molar-refractivity contribution in [2.24, 2.45) is 5.92 Å². The highest BCUT2D eigenvalue weighted by Gasteiger charge is 2.31. The molecule has 1 aliphatic carbocycles. The molecule has 2 nitrogen and oxygen atoms in total. The van der Waals surface area contributed by atoms with Crippen molar-refractivity contribution >= 4 is 5.91 Å². The van der Waals surface area contributed by atoms with Crippen molar-refractivity contribution in [2.75, 3.05) is 0 Å². The Balaban J connectivity index is 2.04. The molecule has 5 heteroatoms. The fourth-order valence-electron chi connectivity index (χ4n) is 2.43. The molecule has 2 atom stereocenters. The van der Waals surface area contributed by atoms with Crippen LogP contribution in [0.15, 0.2) is 36.4 Å². The van der Waals surface area contributed by atoms with Crippen LogP contribution in [0.2, 0.25) is 0 Å². The molecule has 114 valence electrons. The van der Waals surface area contributed by atoms with Crippen molar-refractivity contribution < 1.29 is 18.0 Å². The maximum absolute atomic E-state index is 12.7. The van der Waals surface area contributed by atoms with Crippen LogP contribution in [0, 0.1) is 5.92 Å². The first-order valence-electron chi connectivity index (χ1n) is 7.00. The number of allylic oxidation sites excluding steroid dienone is 2. The van der Waals surface area contributed by atoms with Crippen molar-refractivity contribution in [1.82, 2.24) is 5.32 Å². The van der Waals surface area contributed by atoms with Gasteiger partial charge in [-0.1, -0.05) is 24.3 Å². The summed E-state index contributed by atoms with van der Waals surface area (Å²) in [6.07, 6.45) is 2.01.